The Hall–Kier alpha value is -2.07. The van der Waals surface area contributed by atoms with E-state index in [0.29, 0.717) is 19.0 Å². The van der Waals surface area contributed by atoms with Crippen LogP contribution in [0.5, 0.6) is 0 Å². The molecule has 1 heterocycles. The summed E-state index contributed by atoms with van der Waals surface area (Å²) >= 11 is 0. The molecule has 0 fully saturated rings. The molecule has 1 amide bonds. The normalized spacial score (nSPS) is 12.4. The number of benzene rings is 1. The van der Waals surface area contributed by atoms with Crippen LogP contribution in [0.2, 0.25) is 0 Å². The lowest BCUT2D eigenvalue weighted by Crippen LogP contribution is -2.29. The number of nitrogens with one attached hydrogen (secondary N) is 1. The van der Waals surface area contributed by atoms with Gasteiger partial charge in [0.15, 0.2) is 0 Å². The van der Waals surface area contributed by atoms with E-state index in [4.69, 9.17) is 4.42 Å². The monoisotopic (exact) mass is 314 g/mol. The van der Waals surface area contributed by atoms with Gasteiger partial charge in [-0.05, 0) is 56.1 Å². The number of likely N-dealkylation sites (N-methyl/N-ethyl adjacent to an activating group) is 1. The van der Waals surface area contributed by atoms with Crippen molar-refractivity contribution >= 4 is 11.6 Å². The highest BCUT2D eigenvalue weighted by Gasteiger charge is 2.10. The number of rotatable bonds is 7. The number of carbonyl (C=O) groups excluding carboxylic acids is 1. The minimum absolute atomic E-state index is 0.0212. The average Bonchev–Trinajstić information content (AvgIpc) is 2.91. The number of nitrogens with zero attached hydrogens (tertiary/aromatic N) is 1. The number of hydrogen-bond donors (Lipinski definition) is 1. The van der Waals surface area contributed by atoms with Gasteiger partial charge in [0, 0.05) is 5.69 Å². The Kier molecular flexibility index (Phi) is 5.99. The van der Waals surface area contributed by atoms with Gasteiger partial charge in [-0.1, -0.05) is 26.0 Å². The van der Waals surface area contributed by atoms with Gasteiger partial charge in [0.2, 0.25) is 5.91 Å². The molecule has 0 bridgehead atoms. The van der Waals surface area contributed by atoms with Gasteiger partial charge in [0.05, 0.1) is 13.1 Å². The maximum absolute atomic E-state index is 12.1. The van der Waals surface area contributed by atoms with Crippen LogP contribution in [0, 0.1) is 6.92 Å². The standard InChI is InChI=1S/C19H26N2O2/c1-5-14(2)16-7-9-17(10-8-16)20-19(22)13-21(4)12-18-11-6-15(3)23-18/h6-11,14H,5,12-13H2,1-4H3,(H,20,22)/t14-/m1/s1. The van der Waals surface area contributed by atoms with Crippen LogP contribution < -0.4 is 5.32 Å². The molecule has 1 aromatic heterocycles. The summed E-state index contributed by atoms with van der Waals surface area (Å²) in [5.74, 6) is 2.28. The second-order valence-electron chi connectivity index (χ2n) is 6.16. The lowest BCUT2D eigenvalue weighted by atomic mass is 9.99. The average molecular weight is 314 g/mol. The number of anilines is 1. The second kappa shape index (κ2) is 7.97. The number of amides is 1. The van der Waals surface area contributed by atoms with Gasteiger partial charge in [0.1, 0.15) is 11.5 Å². The van der Waals surface area contributed by atoms with Crippen molar-refractivity contribution in [3.8, 4) is 0 Å². The SMILES string of the molecule is CC[C@@H](C)c1ccc(NC(=O)CN(C)Cc2ccc(C)o2)cc1. The molecule has 2 rings (SSSR count). The van der Waals surface area contributed by atoms with E-state index in [1.807, 2.05) is 43.1 Å². The molecule has 0 saturated carbocycles. The van der Waals surface area contributed by atoms with E-state index in [9.17, 15) is 4.79 Å². The molecule has 2 aromatic rings. The van der Waals surface area contributed by atoms with Crippen LogP contribution >= 0.6 is 0 Å². The van der Waals surface area contributed by atoms with Gasteiger partial charge in [0.25, 0.3) is 0 Å². The third-order valence-electron chi connectivity index (χ3n) is 4.01. The largest absolute Gasteiger partial charge is 0.465 e. The summed E-state index contributed by atoms with van der Waals surface area (Å²) in [7, 11) is 1.91. The van der Waals surface area contributed by atoms with E-state index in [2.05, 4.69) is 31.3 Å². The van der Waals surface area contributed by atoms with E-state index in [0.717, 1.165) is 23.6 Å². The molecule has 0 aliphatic carbocycles. The molecule has 23 heavy (non-hydrogen) atoms. The Morgan fingerprint density at radius 2 is 1.91 bits per heavy atom. The molecule has 1 N–H and O–H groups in total. The molecule has 0 aliphatic heterocycles. The number of carbonyl (C=O) groups is 1. The first kappa shape index (κ1) is 17.3. The smallest absolute Gasteiger partial charge is 0.238 e. The van der Waals surface area contributed by atoms with E-state index in [1.54, 1.807) is 0 Å². The fourth-order valence-corrected chi connectivity index (χ4v) is 2.47. The first-order valence-corrected chi connectivity index (χ1v) is 8.11. The Balaban J connectivity index is 1.84. The Labute approximate surface area is 138 Å². The van der Waals surface area contributed by atoms with E-state index < -0.39 is 0 Å². The topological polar surface area (TPSA) is 45.5 Å². The molecular weight excluding hydrogens is 288 g/mol. The molecule has 124 valence electrons. The first-order chi connectivity index (χ1) is 11.0. The molecule has 0 unspecified atom stereocenters. The molecule has 4 heteroatoms. The molecule has 4 nitrogen and oxygen atoms in total. The van der Waals surface area contributed by atoms with E-state index in [1.165, 1.54) is 5.56 Å². The minimum atomic E-state index is -0.0212. The van der Waals surface area contributed by atoms with E-state index >= 15 is 0 Å². The summed E-state index contributed by atoms with van der Waals surface area (Å²) in [5, 5.41) is 2.94. The summed E-state index contributed by atoms with van der Waals surface area (Å²) in [6, 6.07) is 12.0. The number of furan rings is 1. The fourth-order valence-electron chi connectivity index (χ4n) is 2.47. The molecule has 0 saturated heterocycles. The fraction of sp³-hybridized carbons (Fsp3) is 0.421. The third kappa shape index (κ3) is 5.25. The molecule has 0 spiro atoms. The zero-order valence-corrected chi connectivity index (χ0v) is 14.4. The summed E-state index contributed by atoms with van der Waals surface area (Å²) in [6.45, 7) is 7.25. The zero-order valence-electron chi connectivity index (χ0n) is 14.4. The van der Waals surface area contributed by atoms with Crippen LogP contribution in [0.15, 0.2) is 40.8 Å². The van der Waals surface area contributed by atoms with Crippen molar-refractivity contribution in [2.45, 2.75) is 39.7 Å². The van der Waals surface area contributed by atoms with E-state index in [-0.39, 0.29) is 5.91 Å². The Morgan fingerprint density at radius 3 is 2.48 bits per heavy atom. The third-order valence-corrected chi connectivity index (χ3v) is 4.01. The van der Waals surface area contributed by atoms with Gasteiger partial charge < -0.3 is 9.73 Å². The highest BCUT2D eigenvalue weighted by molar-refractivity contribution is 5.92. The first-order valence-electron chi connectivity index (χ1n) is 8.11. The summed E-state index contributed by atoms with van der Waals surface area (Å²) < 4.78 is 5.53. The van der Waals surface area contributed by atoms with Crippen molar-refractivity contribution in [2.24, 2.45) is 0 Å². The van der Waals surface area contributed by atoms with Crippen molar-refractivity contribution in [3.63, 3.8) is 0 Å². The summed E-state index contributed by atoms with van der Waals surface area (Å²) in [6.07, 6.45) is 1.11. The summed E-state index contributed by atoms with van der Waals surface area (Å²) in [4.78, 5) is 14.0. The van der Waals surface area contributed by atoms with Gasteiger partial charge in [-0.3, -0.25) is 9.69 Å². The van der Waals surface area contributed by atoms with Gasteiger partial charge in [-0.2, -0.15) is 0 Å². The Bertz CT molecular complexity index is 631. The molecule has 1 aromatic carbocycles. The lowest BCUT2D eigenvalue weighted by molar-refractivity contribution is -0.117. The Morgan fingerprint density at radius 1 is 1.22 bits per heavy atom. The van der Waals surface area contributed by atoms with Crippen molar-refractivity contribution in [1.82, 2.24) is 4.90 Å². The van der Waals surface area contributed by atoms with Crippen molar-refractivity contribution < 1.29 is 9.21 Å². The second-order valence-corrected chi connectivity index (χ2v) is 6.16. The van der Waals surface area contributed by atoms with Crippen LogP contribution in [-0.4, -0.2) is 24.4 Å². The lowest BCUT2D eigenvalue weighted by Gasteiger charge is -2.15. The van der Waals surface area contributed by atoms with Crippen molar-refractivity contribution in [2.75, 3.05) is 18.9 Å². The number of aryl methyl sites for hydroxylation is 1. The van der Waals surface area contributed by atoms with Gasteiger partial charge >= 0.3 is 0 Å². The van der Waals surface area contributed by atoms with Crippen LogP contribution in [-0.2, 0) is 11.3 Å². The minimum Gasteiger partial charge on any atom is -0.465 e. The molecule has 0 radical (unpaired) electrons. The molecular formula is C19H26N2O2. The van der Waals surface area contributed by atoms with Gasteiger partial charge in [-0.15, -0.1) is 0 Å². The summed E-state index contributed by atoms with van der Waals surface area (Å²) in [5.41, 5.74) is 2.14. The predicted octanol–water partition coefficient (Wildman–Crippen LogP) is 4.17. The van der Waals surface area contributed by atoms with Crippen LogP contribution in [0.25, 0.3) is 0 Å². The molecule has 1 atom stereocenters. The predicted molar refractivity (Wildman–Crippen MR) is 93.6 cm³/mol. The highest BCUT2D eigenvalue weighted by atomic mass is 16.3. The van der Waals surface area contributed by atoms with Crippen LogP contribution in [0.1, 0.15) is 43.3 Å². The van der Waals surface area contributed by atoms with Gasteiger partial charge in [-0.25, -0.2) is 0 Å². The zero-order chi connectivity index (χ0) is 16.8. The quantitative estimate of drug-likeness (QED) is 0.834. The van der Waals surface area contributed by atoms with Crippen molar-refractivity contribution in [3.05, 3.63) is 53.5 Å². The maximum Gasteiger partial charge on any atom is 0.238 e. The van der Waals surface area contributed by atoms with Crippen LogP contribution in [0.4, 0.5) is 5.69 Å². The van der Waals surface area contributed by atoms with Crippen LogP contribution in [0.3, 0.4) is 0 Å². The highest BCUT2D eigenvalue weighted by Crippen LogP contribution is 2.20. The van der Waals surface area contributed by atoms with Crippen molar-refractivity contribution in [1.29, 1.82) is 0 Å². The number of hydrogen-bond acceptors (Lipinski definition) is 3. The molecule has 0 aliphatic rings. The maximum atomic E-state index is 12.1.